The molecule has 4 nitrogen and oxygen atoms in total. The van der Waals surface area contributed by atoms with Crippen molar-refractivity contribution >= 4 is 11.6 Å². The summed E-state index contributed by atoms with van der Waals surface area (Å²) in [5.74, 6) is -0.666. The highest BCUT2D eigenvalue weighted by molar-refractivity contribution is 5.94. The van der Waals surface area contributed by atoms with E-state index in [2.05, 4.69) is 5.10 Å². The lowest BCUT2D eigenvalue weighted by atomic mass is 9.96. The molecular weight excluding hydrogens is 357 g/mol. The third-order valence-corrected chi connectivity index (χ3v) is 4.53. The van der Waals surface area contributed by atoms with Crippen LogP contribution in [0.5, 0.6) is 0 Å². The van der Waals surface area contributed by atoms with Crippen molar-refractivity contribution in [3.8, 4) is 0 Å². The Bertz CT molecular complexity index is 848. The maximum absolute atomic E-state index is 13.2. The van der Waals surface area contributed by atoms with E-state index in [1.165, 1.54) is 12.1 Å². The van der Waals surface area contributed by atoms with Crippen molar-refractivity contribution in [3.05, 3.63) is 71.3 Å². The van der Waals surface area contributed by atoms with Crippen molar-refractivity contribution in [1.82, 2.24) is 5.01 Å². The van der Waals surface area contributed by atoms with Crippen molar-refractivity contribution in [3.63, 3.8) is 0 Å². The molecule has 1 aliphatic heterocycles. The van der Waals surface area contributed by atoms with Gasteiger partial charge in [-0.15, -0.1) is 0 Å². The number of amides is 1. The van der Waals surface area contributed by atoms with Gasteiger partial charge < -0.3 is 5.11 Å². The fourth-order valence-electron chi connectivity index (χ4n) is 3.01. The number of hydrogen-bond donors (Lipinski definition) is 1. The lowest BCUT2D eigenvalue weighted by molar-refractivity contribution is -0.157. The molecule has 0 saturated heterocycles. The van der Waals surface area contributed by atoms with Crippen molar-refractivity contribution in [2.75, 3.05) is 0 Å². The van der Waals surface area contributed by atoms with E-state index in [1.54, 1.807) is 12.1 Å². The van der Waals surface area contributed by atoms with Crippen LogP contribution in [0.25, 0.3) is 0 Å². The SMILES string of the molecule is Cc1ccc([C@@]2(O)CC(C(F)(F)F)=NN2C(=O)CCc2ccccc2)cc1. The minimum absolute atomic E-state index is 0.0627. The summed E-state index contributed by atoms with van der Waals surface area (Å²) in [6.45, 7) is 1.82. The third kappa shape index (κ3) is 4.03. The van der Waals surface area contributed by atoms with Crippen LogP contribution in [0.4, 0.5) is 13.2 Å². The molecule has 0 aromatic heterocycles. The summed E-state index contributed by atoms with van der Waals surface area (Å²) in [4.78, 5) is 12.6. The van der Waals surface area contributed by atoms with E-state index in [0.29, 0.717) is 11.4 Å². The average molecular weight is 376 g/mol. The molecule has 1 atom stereocenters. The van der Waals surface area contributed by atoms with Gasteiger partial charge in [-0.1, -0.05) is 60.2 Å². The van der Waals surface area contributed by atoms with Gasteiger partial charge >= 0.3 is 6.18 Å². The van der Waals surface area contributed by atoms with Crippen molar-refractivity contribution in [2.24, 2.45) is 5.10 Å². The second-order valence-electron chi connectivity index (χ2n) is 6.60. The Morgan fingerprint density at radius 1 is 1.15 bits per heavy atom. The first-order chi connectivity index (χ1) is 12.7. The topological polar surface area (TPSA) is 52.9 Å². The van der Waals surface area contributed by atoms with Crippen LogP contribution in [0.3, 0.4) is 0 Å². The highest BCUT2D eigenvalue weighted by Gasteiger charge is 2.52. The van der Waals surface area contributed by atoms with Gasteiger partial charge in [0.05, 0.1) is 6.42 Å². The summed E-state index contributed by atoms with van der Waals surface area (Å²) in [5, 5.41) is 15.0. The molecule has 2 aromatic rings. The molecule has 1 amide bonds. The predicted octanol–water partition coefficient (Wildman–Crippen LogP) is 3.92. The first-order valence-corrected chi connectivity index (χ1v) is 8.51. The van der Waals surface area contributed by atoms with Crippen LogP contribution in [0.1, 0.15) is 29.5 Å². The maximum atomic E-state index is 13.2. The van der Waals surface area contributed by atoms with Crippen LogP contribution in [0, 0.1) is 6.92 Å². The fourth-order valence-corrected chi connectivity index (χ4v) is 3.01. The van der Waals surface area contributed by atoms with Gasteiger partial charge in [-0.2, -0.15) is 23.3 Å². The van der Waals surface area contributed by atoms with Crippen molar-refractivity contribution in [2.45, 2.75) is 38.1 Å². The van der Waals surface area contributed by atoms with Crippen molar-refractivity contribution < 1.29 is 23.1 Å². The zero-order valence-electron chi connectivity index (χ0n) is 14.7. The van der Waals surface area contributed by atoms with E-state index < -0.39 is 29.9 Å². The Kier molecular flexibility index (Phi) is 5.06. The standard InChI is InChI=1S/C20H19F3N2O2/c1-14-7-10-16(11-8-14)19(27)13-17(20(21,22)23)24-25(19)18(26)12-9-15-5-3-2-4-6-15/h2-8,10-11,27H,9,12-13H2,1H3/t19-/m0/s1. The van der Waals surface area contributed by atoms with Crippen LogP contribution < -0.4 is 0 Å². The second kappa shape index (κ2) is 7.15. The lowest BCUT2D eigenvalue weighted by Gasteiger charge is -2.31. The van der Waals surface area contributed by atoms with Crippen LogP contribution in [0.15, 0.2) is 59.7 Å². The van der Waals surface area contributed by atoms with Gasteiger partial charge in [0.2, 0.25) is 5.91 Å². The Morgan fingerprint density at radius 3 is 2.37 bits per heavy atom. The predicted molar refractivity (Wildman–Crippen MR) is 94.8 cm³/mol. The van der Waals surface area contributed by atoms with Gasteiger partial charge in [-0.3, -0.25) is 4.79 Å². The normalized spacial score (nSPS) is 19.9. The van der Waals surface area contributed by atoms with E-state index in [-0.39, 0.29) is 12.0 Å². The second-order valence-corrected chi connectivity index (χ2v) is 6.60. The Morgan fingerprint density at radius 2 is 1.78 bits per heavy atom. The molecule has 7 heteroatoms. The summed E-state index contributed by atoms with van der Waals surface area (Å²) >= 11 is 0. The highest BCUT2D eigenvalue weighted by Crippen LogP contribution is 2.40. The fraction of sp³-hybridized carbons (Fsp3) is 0.300. The number of hydrogen-bond acceptors (Lipinski definition) is 3. The summed E-state index contributed by atoms with van der Waals surface area (Å²) in [7, 11) is 0. The molecule has 0 unspecified atom stereocenters. The summed E-state index contributed by atoms with van der Waals surface area (Å²) in [6.07, 6.45) is -5.23. The van der Waals surface area contributed by atoms with E-state index in [0.717, 1.165) is 11.1 Å². The monoisotopic (exact) mass is 376 g/mol. The van der Waals surface area contributed by atoms with E-state index in [1.807, 2.05) is 37.3 Å². The molecule has 1 heterocycles. The number of rotatable bonds is 4. The van der Waals surface area contributed by atoms with Crippen LogP contribution in [-0.4, -0.2) is 27.9 Å². The minimum Gasteiger partial charge on any atom is -0.365 e. The number of aryl methyl sites for hydroxylation is 2. The quantitative estimate of drug-likeness (QED) is 0.879. The molecule has 0 bridgehead atoms. The van der Waals surface area contributed by atoms with Gasteiger partial charge in [0.15, 0.2) is 5.72 Å². The number of alkyl halides is 3. The summed E-state index contributed by atoms with van der Waals surface area (Å²) in [6, 6.07) is 15.5. The zero-order chi connectivity index (χ0) is 19.7. The van der Waals surface area contributed by atoms with E-state index in [9.17, 15) is 23.1 Å². The zero-order valence-corrected chi connectivity index (χ0v) is 14.7. The number of hydrazone groups is 1. The van der Waals surface area contributed by atoms with Crippen molar-refractivity contribution in [1.29, 1.82) is 0 Å². The number of aliphatic hydroxyl groups is 1. The number of benzene rings is 2. The Balaban J connectivity index is 1.88. The molecule has 142 valence electrons. The molecule has 0 aliphatic carbocycles. The molecule has 1 N–H and O–H groups in total. The van der Waals surface area contributed by atoms with E-state index >= 15 is 0 Å². The van der Waals surface area contributed by atoms with Gasteiger partial charge in [0.25, 0.3) is 0 Å². The largest absolute Gasteiger partial charge is 0.431 e. The van der Waals surface area contributed by atoms with Gasteiger partial charge in [0, 0.05) is 12.0 Å². The number of carbonyl (C=O) groups is 1. The molecule has 3 rings (SSSR count). The maximum Gasteiger partial charge on any atom is 0.431 e. The van der Waals surface area contributed by atoms with E-state index in [4.69, 9.17) is 0 Å². The number of nitrogens with zero attached hydrogens (tertiary/aromatic N) is 2. The van der Waals surface area contributed by atoms with Crippen LogP contribution >= 0.6 is 0 Å². The first kappa shape index (κ1) is 19.1. The first-order valence-electron chi connectivity index (χ1n) is 8.51. The van der Waals surface area contributed by atoms with Gasteiger partial charge in [0.1, 0.15) is 5.71 Å². The minimum atomic E-state index is -4.72. The Labute approximate surface area is 154 Å². The molecular formula is C20H19F3N2O2. The summed E-state index contributed by atoms with van der Waals surface area (Å²) in [5.41, 5.74) is -1.35. The highest BCUT2D eigenvalue weighted by atomic mass is 19.4. The molecule has 0 radical (unpaired) electrons. The average Bonchev–Trinajstić information content (AvgIpc) is 3.00. The molecule has 2 aromatic carbocycles. The Hall–Kier alpha value is -2.67. The molecule has 1 aliphatic rings. The number of carbonyl (C=O) groups excluding carboxylic acids is 1. The van der Waals surface area contributed by atoms with Crippen LogP contribution in [-0.2, 0) is 16.9 Å². The third-order valence-electron chi connectivity index (χ3n) is 4.53. The van der Waals surface area contributed by atoms with Gasteiger partial charge in [-0.25, -0.2) is 0 Å². The molecule has 27 heavy (non-hydrogen) atoms. The lowest BCUT2D eigenvalue weighted by Crippen LogP contribution is -2.43. The van der Waals surface area contributed by atoms with Crippen LogP contribution in [0.2, 0.25) is 0 Å². The smallest absolute Gasteiger partial charge is 0.365 e. The molecule has 0 saturated carbocycles. The summed E-state index contributed by atoms with van der Waals surface area (Å²) < 4.78 is 39.6. The van der Waals surface area contributed by atoms with Gasteiger partial charge in [-0.05, 0) is 18.9 Å². The number of halogens is 3. The molecule has 0 spiro atoms. The molecule has 0 fully saturated rings.